The van der Waals surface area contributed by atoms with Crippen molar-refractivity contribution in [2.24, 2.45) is 0 Å². The van der Waals surface area contributed by atoms with Gasteiger partial charge in [-0.15, -0.1) is 0 Å². The SMILES string of the molecule is C=C(Cc1cccc(O)c1O)C(=O)O.C=CC(=O)Oc1ccccc1OC. The van der Waals surface area contributed by atoms with Crippen molar-refractivity contribution < 1.29 is 34.4 Å². The quantitative estimate of drug-likeness (QED) is 0.309. The fourth-order valence-electron chi connectivity index (χ4n) is 1.88. The van der Waals surface area contributed by atoms with Crippen LogP contribution in [0.1, 0.15) is 5.56 Å². The summed E-state index contributed by atoms with van der Waals surface area (Å²) in [7, 11) is 1.51. The van der Waals surface area contributed by atoms with E-state index in [-0.39, 0.29) is 23.5 Å². The maximum atomic E-state index is 10.9. The van der Waals surface area contributed by atoms with Gasteiger partial charge in [0.15, 0.2) is 23.0 Å². The molecule has 0 aromatic heterocycles. The van der Waals surface area contributed by atoms with Gasteiger partial charge in [0.05, 0.1) is 7.11 Å². The average molecular weight is 372 g/mol. The maximum Gasteiger partial charge on any atom is 0.335 e. The number of methoxy groups -OCH3 is 1. The highest BCUT2D eigenvalue weighted by Gasteiger charge is 2.10. The summed E-state index contributed by atoms with van der Waals surface area (Å²) >= 11 is 0. The Kier molecular flexibility index (Phi) is 8.12. The molecule has 0 saturated carbocycles. The molecule has 7 nitrogen and oxygen atoms in total. The molecule has 2 aromatic carbocycles. The first kappa shape index (κ1) is 21.3. The van der Waals surface area contributed by atoms with E-state index in [1.165, 1.54) is 25.3 Å². The predicted molar refractivity (Wildman–Crippen MR) is 99.1 cm³/mol. The Morgan fingerprint density at radius 3 is 2.26 bits per heavy atom. The summed E-state index contributed by atoms with van der Waals surface area (Å²) < 4.78 is 9.88. The second-order valence-electron chi connectivity index (χ2n) is 5.15. The number of ether oxygens (including phenoxy) is 2. The third kappa shape index (κ3) is 6.58. The second-order valence-corrected chi connectivity index (χ2v) is 5.15. The lowest BCUT2D eigenvalue weighted by Gasteiger charge is -2.06. The van der Waals surface area contributed by atoms with Crippen molar-refractivity contribution in [3.05, 3.63) is 72.8 Å². The number of aromatic hydroxyl groups is 2. The highest BCUT2D eigenvalue weighted by atomic mass is 16.6. The number of benzene rings is 2. The highest BCUT2D eigenvalue weighted by Crippen LogP contribution is 2.29. The number of esters is 1. The molecule has 0 aliphatic rings. The number of hydrogen-bond acceptors (Lipinski definition) is 6. The molecule has 2 aromatic rings. The predicted octanol–water partition coefficient (Wildman–Crippen LogP) is 3.07. The van der Waals surface area contributed by atoms with Gasteiger partial charge in [0.2, 0.25) is 0 Å². The number of carboxylic acids is 1. The fraction of sp³-hybridized carbons (Fsp3) is 0.100. The minimum Gasteiger partial charge on any atom is -0.504 e. The van der Waals surface area contributed by atoms with E-state index in [4.69, 9.17) is 19.7 Å². The van der Waals surface area contributed by atoms with Gasteiger partial charge in [-0.25, -0.2) is 9.59 Å². The van der Waals surface area contributed by atoms with Crippen molar-refractivity contribution in [1.82, 2.24) is 0 Å². The second kappa shape index (κ2) is 10.3. The smallest absolute Gasteiger partial charge is 0.335 e. The van der Waals surface area contributed by atoms with Crippen LogP contribution in [-0.2, 0) is 16.0 Å². The number of phenols is 2. The summed E-state index contributed by atoms with van der Waals surface area (Å²) in [6, 6.07) is 11.3. The molecule has 3 N–H and O–H groups in total. The number of carbonyl (C=O) groups excluding carboxylic acids is 1. The van der Waals surface area contributed by atoms with Crippen LogP contribution in [0.25, 0.3) is 0 Å². The van der Waals surface area contributed by atoms with E-state index in [0.717, 1.165) is 6.08 Å². The van der Waals surface area contributed by atoms with E-state index in [9.17, 15) is 14.7 Å². The van der Waals surface area contributed by atoms with E-state index in [1.807, 2.05) is 0 Å². The fourth-order valence-corrected chi connectivity index (χ4v) is 1.88. The molecule has 0 heterocycles. The molecule has 0 fully saturated rings. The van der Waals surface area contributed by atoms with Crippen molar-refractivity contribution in [2.45, 2.75) is 6.42 Å². The first-order valence-electron chi connectivity index (χ1n) is 7.68. The lowest BCUT2D eigenvalue weighted by Crippen LogP contribution is -2.04. The summed E-state index contributed by atoms with van der Waals surface area (Å²) in [6.07, 6.45) is 1.11. The van der Waals surface area contributed by atoms with Gasteiger partial charge in [-0.1, -0.05) is 37.4 Å². The van der Waals surface area contributed by atoms with Crippen LogP contribution < -0.4 is 9.47 Å². The molecular formula is C20H20O7. The Labute approximate surface area is 156 Å². The van der Waals surface area contributed by atoms with Crippen molar-refractivity contribution in [3.63, 3.8) is 0 Å². The van der Waals surface area contributed by atoms with Gasteiger partial charge in [-0.05, 0) is 18.2 Å². The molecule has 0 atom stereocenters. The van der Waals surface area contributed by atoms with Gasteiger partial charge >= 0.3 is 11.9 Å². The largest absolute Gasteiger partial charge is 0.504 e. The highest BCUT2D eigenvalue weighted by molar-refractivity contribution is 5.86. The molecule has 7 heteroatoms. The van der Waals surface area contributed by atoms with Gasteiger partial charge in [-0.2, -0.15) is 0 Å². The van der Waals surface area contributed by atoms with Crippen molar-refractivity contribution in [3.8, 4) is 23.0 Å². The minimum atomic E-state index is -1.12. The average Bonchev–Trinajstić information content (AvgIpc) is 2.66. The van der Waals surface area contributed by atoms with Gasteiger partial charge in [0.25, 0.3) is 0 Å². The zero-order valence-corrected chi connectivity index (χ0v) is 14.7. The molecule has 2 rings (SSSR count). The summed E-state index contributed by atoms with van der Waals surface area (Å²) in [5.41, 5.74) is 0.309. The Morgan fingerprint density at radius 1 is 1.07 bits per heavy atom. The third-order valence-corrected chi connectivity index (χ3v) is 3.25. The molecule has 0 unspecified atom stereocenters. The van der Waals surface area contributed by atoms with Crippen LogP contribution in [0.4, 0.5) is 0 Å². The van der Waals surface area contributed by atoms with Gasteiger partial charge in [0.1, 0.15) is 0 Å². The number of hydrogen-bond donors (Lipinski definition) is 3. The Hall–Kier alpha value is -3.74. The van der Waals surface area contributed by atoms with Crippen LogP contribution in [0.5, 0.6) is 23.0 Å². The minimum absolute atomic E-state index is 0.00949. The van der Waals surface area contributed by atoms with Gasteiger partial charge < -0.3 is 24.8 Å². The normalized spacial score (nSPS) is 9.37. The summed E-state index contributed by atoms with van der Waals surface area (Å²) in [4.78, 5) is 21.3. The Bertz CT molecular complexity index is 840. The maximum absolute atomic E-state index is 10.9. The number of para-hydroxylation sites is 3. The molecule has 142 valence electrons. The van der Waals surface area contributed by atoms with Crippen LogP contribution >= 0.6 is 0 Å². The Morgan fingerprint density at radius 2 is 1.70 bits per heavy atom. The van der Waals surface area contributed by atoms with E-state index >= 15 is 0 Å². The summed E-state index contributed by atoms with van der Waals surface area (Å²) in [6.45, 7) is 6.62. The van der Waals surface area contributed by atoms with Gasteiger partial charge in [0, 0.05) is 23.6 Å². The molecule has 0 amide bonds. The van der Waals surface area contributed by atoms with Gasteiger partial charge in [-0.3, -0.25) is 0 Å². The standard InChI is InChI=1S/C10H10O4.C10H10O3/c1-6(10(13)14)5-7-3-2-4-8(11)9(7)12;1-3-10(11)13-9-7-5-4-6-8(9)12-2/h2-4,11-12H,1,5H2,(H,13,14);3-7H,1H2,2H3. The molecule has 27 heavy (non-hydrogen) atoms. The van der Waals surface area contributed by atoms with E-state index in [2.05, 4.69) is 13.2 Å². The summed E-state index contributed by atoms with van der Waals surface area (Å²) in [5.74, 6) is -1.25. The molecule has 0 aliphatic carbocycles. The van der Waals surface area contributed by atoms with Crippen molar-refractivity contribution >= 4 is 11.9 Å². The lowest BCUT2D eigenvalue weighted by molar-refractivity contribution is -0.132. The third-order valence-electron chi connectivity index (χ3n) is 3.25. The Balaban J connectivity index is 0.000000271. The molecule has 0 saturated heterocycles. The number of carbonyl (C=O) groups is 2. The zero-order chi connectivity index (χ0) is 20.4. The number of aliphatic carboxylic acids is 1. The van der Waals surface area contributed by atoms with E-state index in [1.54, 1.807) is 24.3 Å². The van der Waals surface area contributed by atoms with Crippen LogP contribution in [0.2, 0.25) is 0 Å². The number of carboxylic acid groups (broad SMARTS) is 1. The van der Waals surface area contributed by atoms with Crippen molar-refractivity contribution in [2.75, 3.05) is 7.11 Å². The monoisotopic (exact) mass is 372 g/mol. The molecule has 0 radical (unpaired) electrons. The molecule has 0 aliphatic heterocycles. The molecular weight excluding hydrogens is 352 g/mol. The van der Waals surface area contributed by atoms with Crippen LogP contribution in [-0.4, -0.2) is 34.4 Å². The first-order chi connectivity index (χ1) is 12.8. The van der Waals surface area contributed by atoms with Crippen LogP contribution in [0.3, 0.4) is 0 Å². The summed E-state index contributed by atoms with van der Waals surface area (Å²) in [5, 5.41) is 27.0. The van der Waals surface area contributed by atoms with Crippen LogP contribution in [0, 0.1) is 0 Å². The van der Waals surface area contributed by atoms with Crippen molar-refractivity contribution in [1.29, 1.82) is 0 Å². The number of phenolic OH excluding ortho intramolecular Hbond substituents is 2. The molecule has 0 bridgehead atoms. The molecule has 0 spiro atoms. The number of rotatable bonds is 6. The topological polar surface area (TPSA) is 113 Å². The van der Waals surface area contributed by atoms with Crippen LogP contribution in [0.15, 0.2) is 67.3 Å². The first-order valence-corrected chi connectivity index (χ1v) is 7.68. The lowest BCUT2D eigenvalue weighted by atomic mass is 10.1. The van der Waals surface area contributed by atoms with E-state index in [0.29, 0.717) is 17.1 Å². The zero-order valence-electron chi connectivity index (χ0n) is 14.7. The van der Waals surface area contributed by atoms with E-state index < -0.39 is 11.9 Å².